The molecule has 0 saturated carbocycles. The molecular formula is C55H105NO5. The van der Waals surface area contributed by atoms with Gasteiger partial charge in [-0.05, 0) is 57.8 Å². The first kappa shape index (κ1) is 59.3. The van der Waals surface area contributed by atoms with E-state index >= 15 is 0 Å². The summed E-state index contributed by atoms with van der Waals surface area (Å²) >= 11 is 0. The molecule has 0 aromatic carbocycles. The number of aliphatic hydroxyl groups excluding tert-OH is 2. The fourth-order valence-corrected chi connectivity index (χ4v) is 8.27. The van der Waals surface area contributed by atoms with Gasteiger partial charge in [0.05, 0.1) is 25.4 Å². The Bertz CT molecular complexity index is 951. The van der Waals surface area contributed by atoms with Crippen LogP contribution in [-0.2, 0) is 14.3 Å². The number of amides is 1. The molecule has 1 amide bonds. The van der Waals surface area contributed by atoms with Gasteiger partial charge in [-0.2, -0.15) is 0 Å². The van der Waals surface area contributed by atoms with E-state index in [1.807, 2.05) is 6.08 Å². The molecule has 6 nitrogen and oxygen atoms in total. The number of nitrogens with one attached hydrogen (secondary N) is 1. The standard InChI is InChI=1S/C55H105NO5/c1-3-5-7-9-11-13-15-17-18-19-20-21-22-23-24-25-27-31-35-39-43-47-53(58)52(51-57)56-54(59)48-44-40-36-32-28-26-30-34-38-42-46-50-61-55(60)49-45-41-37-33-29-16-14-12-10-8-6-4-2/h30,34,43,47,52-53,57-58H,3-29,31-33,35-42,44-46,48-51H2,1-2H3,(H,56,59)/b34-30-,47-43+. The van der Waals surface area contributed by atoms with Crippen molar-refractivity contribution < 1.29 is 24.5 Å². The van der Waals surface area contributed by atoms with Crippen LogP contribution in [0.25, 0.3) is 0 Å². The maximum absolute atomic E-state index is 12.4. The lowest BCUT2D eigenvalue weighted by molar-refractivity contribution is -0.143. The van der Waals surface area contributed by atoms with Crippen LogP contribution in [0.5, 0.6) is 0 Å². The molecule has 0 fully saturated rings. The van der Waals surface area contributed by atoms with Crippen molar-refractivity contribution in [1.29, 1.82) is 0 Å². The first-order valence-corrected chi connectivity index (χ1v) is 27.1. The molecule has 0 radical (unpaired) electrons. The van der Waals surface area contributed by atoms with Crippen LogP contribution >= 0.6 is 0 Å². The molecule has 0 aliphatic rings. The first-order chi connectivity index (χ1) is 30.0. The number of rotatable bonds is 50. The Balaban J connectivity index is 3.55. The minimum absolute atomic E-state index is 0.0321. The summed E-state index contributed by atoms with van der Waals surface area (Å²) in [6.07, 6.45) is 60.5. The van der Waals surface area contributed by atoms with E-state index < -0.39 is 12.1 Å². The Labute approximate surface area is 380 Å². The molecule has 61 heavy (non-hydrogen) atoms. The zero-order valence-corrected chi connectivity index (χ0v) is 40.9. The van der Waals surface area contributed by atoms with Crippen LogP contribution in [0.2, 0.25) is 0 Å². The zero-order valence-electron chi connectivity index (χ0n) is 40.9. The summed E-state index contributed by atoms with van der Waals surface area (Å²) in [6, 6.07) is -0.649. The number of aliphatic hydroxyl groups is 2. The zero-order chi connectivity index (χ0) is 44.4. The van der Waals surface area contributed by atoms with Crippen LogP contribution in [0.4, 0.5) is 0 Å². The minimum Gasteiger partial charge on any atom is -0.466 e. The molecule has 0 spiro atoms. The molecule has 360 valence electrons. The van der Waals surface area contributed by atoms with Crippen molar-refractivity contribution in [2.75, 3.05) is 13.2 Å². The van der Waals surface area contributed by atoms with Gasteiger partial charge in [-0.1, -0.05) is 244 Å². The number of ether oxygens (including phenoxy) is 1. The second-order valence-corrected chi connectivity index (χ2v) is 18.6. The van der Waals surface area contributed by atoms with Gasteiger partial charge in [-0.25, -0.2) is 0 Å². The molecule has 0 aromatic heterocycles. The quantitative estimate of drug-likeness (QED) is 0.0322. The van der Waals surface area contributed by atoms with Crippen LogP contribution in [0.15, 0.2) is 24.3 Å². The smallest absolute Gasteiger partial charge is 0.305 e. The first-order valence-electron chi connectivity index (χ1n) is 27.1. The molecule has 0 aliphatic heterocycles. The van der Waals surface area contributed by atoms with Gasteiger partial charge in [-0.15, -0.1) is 0 Å². The molecule has 2 unspecified atom stereocenters. The van der Waals surface area contributed by atoms with Gasteiger partial charge in [0.2, 0.25) is 5.91 Å². The van der Waals surface area contributed by atoms with Crippen LogP contribution in [0, 0.1) is 0 Å². The molecule has 3 N–H and O–H groups in total. The predicted molar refractivity (Wildman–Crippen MR) is 264 cm³/mol. The van der Waals surface area contributed by atoms with Crippen molar-refractivity contribution in [2.45, 2.75) is 302 Å². The van der Waals surface area contributed by atoms with E-state index in [0.717, 1.165) is 83.5 Å². The largest absolute Gasteiger partial charge is 0.466 e. The monoisotopic (exact) mass is 860 g/mol. The van der Waals surface area contributed by atoms with Crippen molar-refractivity contribution in [3.05, 3.63) is 24.3 Å². The fraction of sp³-hybridized carbons (Fsp3) is 0.891. The lowest BCUT2D eigenvalue weighted by Crippen LogP contribution is -2.45. The maximum atomic E-state index is 12.4. The van der Waals surface area contributed by atoms with Gasteiger partial charge in [-0.3, -0.25) is 9.59 Å². The Morgan fingerprint density at radius 1 is 0.443 bits per heavy atom. The number of hydrogen-bond donors (Lipinski definition) is 3. The van der Waals surface area contributed by atoms with E-state index in [-0.39, 0.29) is 18.5 Å². The van der Waals surface area contributed by atoms with Crippen LogP contribution in [0.1, 0.15) is 290 Å². The number of allylic oxidation sites excluding steroid dienone is 3. The molecule has 2 atom stereocenters. The van der Waals surface area contributed by atoms with E-state index in [2.05, 4.69) is 31.3 Å². The van der Waals surface area contributed by atoms with Crippen LogP contribution in [-0.4, -0.2) is 47.4 Å². The van der Waals surface area contributed by atoms with E-state index in [4.69, 9.17) is 4.74 Å². The molecule has 0 heterocycles. The summed E-state index contributed by atoms with van der Waals surface area (Å²) in [5.41, 5.74) is 0. The minimum atomic E-state index is -0.862. The number of carbonyl (C=O) groups is 2. The summed E-state index contributed by atoms with van der Waals surface area (Å²) in [5, 5.41) is 23.1. The summed E-state index contributed by atoms with van der Waals surface area (Å²) in [6.45, 7) is 4.83. The molecular weight excluding hydrogens is 755 g/mol. The molecule has 0 aliphatic carbocycles. The van der Waals surface area contributed by atoms with E-state index in [0.29, 0.717) is 19.4 Å². The number of hydrogen-bond acceptors (Lipinski definition) is 5. The average Bonchev–Trinajstić information content (AvgIpc) is 3.26. The second kappa shape index (κ2) is 51.0. The van der Waals surface area contributed by atoms with E-state index in [1.165, 1.54) is 180 Å². The normalized spacial score (nSPS) is 12.8. The highest BCUT2D eigenvalue weighted by molar-refractivity contribution is 5.76. The summed E-state index contributed by atoms with van der Waals surface area (Å²) in [4.78, 5) is 24.4. The lowest BCUT2D eigenvalue weighted by Gasteiger charge is -2.20. The lowest BCUT2D eigenvalue weighted by atomic mass is 10.0. The SMILES string of the molecule is CCCCCCCCCCCCCCCCCCCCC/C=C/C(O)C(CO)NC(=O)CCCCCCC/C=C\CCCCOC(=O)CCCCCCCCCCCCCC. The van der Waals surface area contributed by atoms with Crippen molar-refractivity contribution in [3.8, 4) is 0 Å². The predicted octanol–water partition coefficient (Wildman–Crippen LogP) is 16.3. The summed E-state index contributed by atoms with van der Waals surface area (Å²) in [7, 11) is 0. The number of esters is 1. The van der Waals surface area contributed by atoms with Crippen molar-refractivity contribution >= 4 is 11.9 Å². The van der Waals surface area contributed by atoms with Crippen LogP contribution in [0.3, 0.4) is 0 Å². The van der Waals surface area contributed by atoms with E-state index in [1.54, 1.807) is 6.08 Å². The Kier molecular flexibility index (Phi) is 49.6. The van der Waals surface area contributed by atoms with Gasteiger partial charge in [0.15, 0.2) is 0 Å². The molecule has 6 heteroatoms. The van der Waals surface area contributed by atoms with Crippen molar-refractivity contribution in [2.24, 2.45) is 0 Å². The number of unbranched alkanes of at least 4 members (excludes halogenated alkanes) is 37. The highest BCUT2D eigenvalue weighted by Gasteiger charge is 2.18. The van der Waals surface area contributed by atoms with Gasteiger partial charge < -0.3 is 20.3 Å². The average molecular weight is 860 g/mol. The highest BCUT2D eigenvalue weighted by Crippen LogP contribution is 2.16. The third-order valence-electron chi connectivity index (χ3n) is 12.5. The van der Waals surface area contributed by atoms with Gasteiger partial charge >= 0.3 is 5.97 Å². The third kappa shape index (κ3) is 47.7. The molecule has 0 saturated heterocycles. The maximum Gasteiger partial charge on any atom is 0.305 e. The third-order valence-corrected chi connectivity index (χ3v) is 12.5. The van der Waals surface area contributed by atoms with Crippen LogP contribution < -0.4 is 5.32 Å². The highest BCUT2D eigenvalue weighted by atomic mass is 16.5. The van der Waals surface area contributed by atoms with Gasteiger partial charge in [0.25, 0.3) is 0 Å². The topological polar surface area (TPSA) is 95.9 Å². The fourth-order valence-electron chi connectivity index (χ4n) is 8.27. The van der Waals surface area contributed by atoms with Crippen molar-refractivity contribution in [3.63, 3.8) is 0 Å². The van der Waals surface area contributed by atoms with E-state index in [9.17, 15) is 19.8 Å². The Morgan fingerprint density at radius 2 is 0.770 bits per heavy atom. The molecule has 0 rings (SSSR count). The van der Waals surface area contributed by atoms with Gasteiger partial charge in [0.1, 0.15) is 0 Å². The van der Waals surface area contributed by atoms with Crippen molar-refractivity contribution in [1.82, 2.24) is 5.32 Å². The second-order valence-electron chi connectivity index (χ2n) is 18.6. The van der Waals surface area contributed by atoms with Gasteiger partial charge in [0, 0.05) is 12.8 Å². The Morgan fingerprint density at radius 3 is 1.16 bits per heavy atom. The summed E-state index contributed by atoms with van der Waals surface area (Å²) < 4.78 is 5.43. The molecule has 0 bridgehead atoms. The molecule has 0 aromatic rings. The number of carbonyl (C=O) groups excluding carboxylic acids is 2. The Hall–Kier alpha value is -1.66. The summed E-state index contributed by atoms with van der Waals surface area (Å²) in [5.74, 6) is -0.127.